The van der Waals surface area contributed by atoms with E-state index in [-0.39, 0.29) is 6.61 Å². The summed E-state index contributed by atoms with van der Waals surface area (Å²) in [7, 11) is -1.88. The topological polar surface area (TPSA) is 89.9 Å². The Bertz CT molecular complexity index is 799. The van der Waals surface area contributed by atoms with Gasteiger partial charge in [0.05, 0.1) is 25.8 Å². The van der Waals surface area contributed by atoms with Crippen LogP contribution in [0.3, 0.4) is 0 Å². The first-order chi connectivity index (χ1) is 12.5. The van der Waals surface area contributed by atoms with Crippen LogP contribution in [-0.2, 0) is 24.4 Å². The van der Waals surface area contributed by atoms with E-state index >= 15 is 0 Å². The molecule has 7 nitrogen and oxygen atoms in total. The summed E-state index contributed by atoms with van der Waals surface area (Å²) < 4.78 is 35.2. The van der Waals surface area contributed by atoms with Crippen molar-refractivity contribution in [1.29, 1.82) is 0 Å². The Balaban J connectivity index is 1.62. The van der Waals surface area contributed by atoms with Crippen LogP contribution in [0.4, 0.5) is 0 Å². The minimum absolute atomic E-state index is 0.122. The van der Waals surface area contributed by atoms with E-state index in [0.29, 0.717) is 19.0 Å². The SMILES string of the molecule is COc1cc(OCCCCCNCCOS(=O)(O)=S)nc2ccccc12. The number of para-hydroxylation sites is 1. The van der Waals surface area contributed by atoms with E-state index in [9.17, 15) is 4.21 Å². The molecule has 0 aliphatic heterocycles. The molecule has 144 valence electrons. The van der Waals surface area contributed by atoms with Gasteiger partial charge in [0.2, 0.25) is 5.88 Å². The Hall–Kier alpha value is -1.52. The Morgan fingerprint density at radius 3 is 2.77 bits per heavy atom. The molecule has 2 aromatic rings. The lowest BCUT2D eigenvalue weighted by atomic mass is 10.2. The van der Waals surface area contributed by atoms with Gasteiger partial charge in [0.1, 0.15) is 5.75 Å². The molecule has 0 amide bonds. The van der Waals surface area contributed by atoms with Crippen LogP contribution < -0.4 is 14.8 Å². The summed E-state index contributed by atoms with van der Waals surface area (Å²) in [6, 6.07) is 9.59. The Morgan fingerprint density at radius 1 is 1.19 bits per heavy atom. The molecule has 1 unspecified atom stereocenters. The van der Waals surface area contributed by atoms with Crippen molar-refractivity contribution in [1.82, 2.24) is 10.3 Å². The number of nitrogens with zero attached hydrogens (tertiary/aromatic N) is 1. The predicted octanol–water partition coefficient (Wildman–Crippen LogP) is 2.53. The minimum atomic E-state index is -3.51. The number of nitrogens with one attached hydrogen (secondary N) is 1. The number of unbranched alkanes of at least 4 members (excludes halogenated alkanes) is 2. The van der Waals surface area contributed by atoms with E-state index in [1.807, 2.05) is 30.3 Å². The number of ether oxygens (including phenoxy) is 2. The third-order valence-electron chi connectivity index (χ3n) is 3.63. The van der Waals surface area contributed by atoms with Crippen molar-refractivity contribution in [2.45, 2.75) is 19.3 Å². The fourth-order valence-electron chi connectivity index (χ4n) is 2.41. The molecule has 1 aromatic heterocycles. The molecule has 0 radical (unpaired) electrons. The molecular weight excluding hydrogens is 376 g/mol. The average Bonchev–Trinajstić information content (AvgIpc) is 2.61. The number of hydrogen-bond acceptors (Lipinski definition) is 7. The van der Waals surface area contributed by atoms with Crippen LogP contribution in [0.25, 0.3) is 10.9 Å². The lowest BCUT2D eigenvalue weighted by Crippen LogP contribution is -2.22. The smallest absolute Gasteiger partial charge is 0.266 e. The van der Waals surface area contributed by atoms with Gasteiger partial charge in [-0.05, 0) is 37.9 Å². The number of rotatable bonds is 12. The first-order valence-electron chi connectivity index (χ1n) is 8.39. The van der Waals surface area contributed by atoms with E-state index in [4.69, 9.17) is 14.0 Å². The maximum absolute atomic E-state index is 10.7. The summed E-state index contributed by atoms with van der Waals surface area (Å²) >= 11 is 4.22. The highest BCUT2D eigenvalue weighted by atomic mass is 32.9. The third-order valence-corrected chi connectivity index (χ3v) is 4.39. The van der Waals surface area contributed by atoms with Gasteiger partial charge in [0, 0.05) is 29.2 Å². The van der Waals surface area contributed by atoms with Gasteiger partial charge in [-0.15, -0.1) is 0 Å². The molecule has 0 fully saturated rings. The molecule has 26 heavy (non-hydrogen) atoms. The third kappa shape index (κ3) is 7.38. The van der Waals surface area contributed by atoms with Crippen LogP contribution in [0.2, 0.25) is 0 Å². The van der Waals surface area contributed by atoms with E-state index in [2.05, 4.69) is 25.7 Å². The van der Waals surface area contributed by atoms with Crippen molar-refractivity contribution in [2.24, 2.45) is 0 Å². The number of methoxy groups -OCH3 is 1. The molecule has 1 heterocycles. The lowest BCUT2D eigenvalue weighted by molar-refractivity contribution is 0.289. The van der Waals surface area contributed by atoms with E-state index in [0.717, 1.165) is 42.5 Å². The van der Waals surface area contributed by atoms with Crippen molar-refractivity contribution < 1.29 is 22.4 Å². The second kappa shape index (κ2) is 10.6. The molecule has 0 spiro atoms. The number of fused-ring (bicyclic) bond motifs is 1. The fourth-order valence-corrected chi connectivity index (χ4v) is 2.91. The number of benzene rings is 1. The number of aromatic nitrogens is 1. The average molecular weight is 401 g/mol. The van der Waals surface area contributed by atoms with Crippen molar-refractivity contribution in [3.05, 3.63) is 30.3 Å². The molecular formula is C17H24N2O5S2. The minimum Gasteiger partial charge on any atom is -0.496 e. The van der Waals surface area contributed by atoms with Gasteiger partial charge < -0.3 is 14.8 Å². The van der Waals surface area contributed by atoms with Crippen LogP contribution in [0.5, 0.6) is 11.6 Å². The maximum atomic E-state index is 10.7. The van der Waals surface area contributed by atoms with Crippen LogP contribution in [0, 0.1) is 0 Å². The number of pyridine rings is 1. The van der Waals surface area contributed by atoms with Gasteiger partial charge >= 0.3 is 0 Å². The maximum Gasteiger partial charge on any atom is 0.266 e. The first-order valence-corrected chi connectivity index (χ1v) is 10.8. The van der Waals surface area contributed by atoms with Crippen molar-refractivity contribution >= 4 is 31.1 Å². The summed E-state index contributed by atoms with van der Waals surface area (Å²) in [5, 5.41) is 4.09. The molecule has 0 aliphatic carbocycles. The van der Waals surface area contributed by atoms with Crippen LogP contribution in [0.15, 0.2) is 30.3 Å². The van der Waals surface area contributed by atoms with Gasteiger partial charge in [-0.2, -0.15) is 4.21 Å². The van der Waals surface area contributed by atoms with Gasteiger partial charge in [-0.25, -0.2) is 4.98 Å². The Kier molecular flexibility index (Phi) is 8.46. The summed E-state index contributed by atoms with van der Waals surface area (Å²) in [5.74, 6) is 1.32. The van der Waals surface area contributed by atoms with Gasteiger partial charge in [0.15, 0.2) is 0 Å². The summed E-state index contributed by atoms with van der Waals surface area (Å²) in [4.78, 5) is 4.49. The van der Waals surface area contributed by atoms with E-state index in [1.165, 1.54) is 0 Å². The largest absolute Gasteiger partial charge is 0.496 e. The molecule has 1 aromatic carbocycles. The predicted molar refractivity (Wildman–Crippen MR) is 105 cm³/mol. The van der Waals surface area contributed by atoms with Crippen LogP contribution in [-0.4, -0.2) is 47.2 Å². The fraction of sp³-hybridized carbons (Fsp3) is 0.471. The molecule has 1 atom stereocenters. The van der Waals surface area contributed by atoms with Gasteiger partial charge in [0.25, 0.3) is 9.05 Å². The van der Waals surface area contributed by atoms with Gasteiger partial charge in [-0.1, -0.05) is 12.1 Å². The molecule has 0 saturated carbocycles. The standard InChI is InChI=1S/C17H24N2O5S2/c1-22-16-13-17(19-15-8-4-3-7-14(15)16)23-11-6-2-5-9-18-10-12-24-26(20,21)25/h3-4,7-8,13,18H,2,5-6,9-12H2,1H3,(H,20,21,25). The molecule has 0 saturated heterocycles. The van der Waals surface area contributed by atoms with Crippen molar-refractivity contribution in [3.63, 3.8) is 0 Å². The Labute approximate surface area is 158 Å². The molecule has 2 rings (SSSR count). The summed E-state index contributed by atoms with van der Waals surface area (Å²) in [6.45, 7) is 2.00. The second-order valence-corrected chi connectivity index (χ2v) is 7.94. The molecule has 9 heteroatoms. The molecule has 0 bridgehead atoms. The lowest BCUT2D eigenvalue weighted by Gasteiger charge is -2.10. The van der Waals surface area contributed by atoms with Crippen LogP contribution >= 0.6 is 0 Å². The highest BCUT2D eigenvalue weighted by molar-refractivity contribution is 8.27. The van der Waals surface area contributed by atoms with Crippen molar-refractivity contribution in [2.75, 3.05) is 33.4 Å². The zero-order valence-electron chi connectivity index (χ0n) is 14.7. The van der Waals surface area contributed by atoms with E-state index < -0.39 is 9.05 Å². The molecule has 0 aliphatic rings. The second-order valence-electron chi connectivity index (χ2n) is 5.59. The van der Waals surface area contributed by atoms with Crippen molar-refractivity contribution in [3.8, 4) is 11.6 Å². The zero-order valence-corrected chi connectivity index (χ0v) is 16.3. The number of hydrogen-bond donors (Lipinski definition) is 2. The summed E-state index contributed by atoms with van der Waals surface area (Å²) in [5.41, 5.74) is 0.846. The Morgan fingerprint density at radius 2 is 2.00 bits per heavy atom. The highest BCUT2D eigenvalue weighted by Gasteiger charge is 2.06. The summed E-state index contributed by atoms with van der Waals surface area (Å²) in [6.07, 6.45) is 2.88. The molecule has 2 N–H and O–H groups in total. The quantitative estimate of drug-likeness (QED) is 0.526. The normalized spacial score (nSPS) is 13.5. The highest BCUT2D eigenvalue weighted by Crippen LogP contribution is 2.28. The monoisotopic (exact) mass is 400 g/mol. The van der Waals surface area contributed by atoms with Gasteiger partial charge in [-0.3, -0.25) is 8.74 Å². The zero-order chi connectivity index (χ0) is 18.8. The van der Waals surface area contributed by atoms with Crippen LogP contribution in [0.1, 0.15) is 19.3 Å². The van der Waals surface area contributed by atoms with E-state index in [1.54, 1.807) is 7.11 Å². The first kappa shape index (κ1) is 20.8.